The Kier molecular flexibility index (Phi) is 6.86. The second-order valence-electron chi connectivity index (χ2n) is 5.83. The van der Waals surface area contributed by atoms with E-state index >= 15 is 0 Å². The predicted octanol–water partition coefficient (Wildman–Crippen LogP) is 2.64. The molecule has 1 aliphatic rings. The summed E-state index contributed by atoms with van der Waals surface area (Å²) in [6, 6.07) is 2.26. The number of amides is 1. The van der Waals surface area contributed by atoms with Gasteiger partial charge in [0.05, 0.1) is 12.7 Å². The molecule has 1 fully saturated rings. The number of hydrogen-bond acceptors (Lipinski definition) is 3. The van der Waals surface area contributed by atoms with Gasteiger partial charge in [-0.3, -0.25) is 4.79 Å². The van der Waals surface area contributed by atoms with Crippen LogP contribution >= 0.6 is 0 Å². The van der Waals surface area contributed by atoms with Gasteiger partial charge in [0.2, 0.25) is 5.91 Å². The smallest absolute Gasteiger partial charge is 0.240 e. The molecule has 0 heterocycles. The number of nitrogens with zero attached hydrogens (tertiary/aromatic N) is 1. The van der Waals surface area contributed by atoms with Crippen molar-refractivity contribution < 1.29 is 9.53 Å². The first-order valence-electron chi connectivity index (χ1n) is 7.38. The average molecular weight is 266 g/mol. The molecule has 1 aliphatic carbocycles. The second kappa shape index (κ2) is 8.16. The van der Waals surface area contributed by atoms with Crippen LogP contribution in [0.3, 0.4) is 0 Å². The van der Waals surface area contributed by atoms with E-state index < -0.39 is 5.41 Å². The number of rotatable bonds is 6. The molecule has 0 radical (unpaired) electrons. The van der Waals surface area contributed by atoms with Gasteiger partial charge in [-0.1, -0.05) is 39.5 Å². The van der Waals surface area contributed by atoms with Gasteiger partial charge in [-0.25, -0.2) is 0 Å². The van der Waals surface area contributed by atoms with E-state index in [0.717, 1.165) is 25.7 Å². The first-order valence-corrected chi connectivity index (χ1v) is 7.38. The fourth-order valence-electron chi connectivity index (χ4n) is 2.45. The third kappa shape index (κ3) is 5.20. The van der Waals surface area contributed by atoms with E-state index in [0.29, 0.717) is 38.5 Å². The summed E-state index contributed by atoms with van der Waals surface area (Å²) in [7, 11) is 0. The lowest BCUT2D eigenvalue weighted by atomic mass is 9.81. The monoisotopic (exact) mass is 266 g/mol. The molecule has 0 aromatic carbocycles. The van der Waals surface area contributed by atoms with Crippen LogP contribution in [0.5, 0.6) is 0 Å². The van der Waals surface area contributed by atoms with E-state index in [-0.39, 0.29) is 5.91 Å². The van der Waals surface area contributed by atoms with Crippen molar-refractivity contribution in [3.05, 3.63) is 0 Å². The minimum Gasteiger partial charge on any atom is -0.379 e. The van der Waals surface area contributed by atoms with Gasteiger partial charge in [0.25, 0.3) is 0 Å². The molecular weight excluding hydrogens is 240 g/mol. The number of ether oxygens (including phenoxy) is 1. The lowest BCUT2D eigenvalue weighted by molar-refractivity contribution is -0.129. The first kappa shape index (κ1) is 16.0. The Bertz CT molecular complexity index is 313. The van der Waals surface area contributed by atoms with Crippen LogP contribution in [0.15, 0.2) is 0 Å². The highest BCUT2D eigenvalue weighted by atomic mass is 16.5. The maximum absolute atomic E-state index is 12.2. The number of hydrogen-bond donors (Lipinski definition) is 1. The molecule has 19 heavy (non-hydrogen) atoms. The summed E-state index contributed by atoms with van der Waals surface area (Å²) < 4.78 is 5.43. The van der Waals surface area contributed by atoms with Crippen LogP contribution < -0.4 is 5.32 Å². The third-order valence-corrected chi connectivity index (χ3v) is 3.59. The zero-order chi connectivity index (χ0) is 14.1. The van der Waals surface area contributed by atoms with Crippen molar-refractivity contribution in [1.82, 2.24) is 5.32 Å². The van der Waals surface area contributed by atoms with Crippen LogP contribution in [0.2, 0.25) is 0 Å². The second-order valence-corrected chi connectivity index (χ2v) is 5.83. The van der Waals surface area contributed by atoms with E-state index in [1.54, 1.807) is 0 Å². The van der Waals surface area contributed by atoms with Crippen LogP contribution in [0.25, 0.3) is 0 Å². The molecule has 0 spiro atoms. The highest BCUT2D eigenvalue weighted by Crippen LogP contribution is 2.34. The highest BCUT2D eigenvalue weighted by Gasteiger charge is 2.38. The standard InChI is InChI=1S/C15H26N2O2/c1-13(2)11-19-10-9-17-14(18)15(12-16)7-5-3-4-6-8-15/h13H,3-11H2,1-2H3,(H,17,18). The number of nitrogens with one attached hydrogen (secondary N) is 1. The summed E-state index contributed by atoms with van der Waals surface area (Å²) in [6.07, 6.45) is 5.61. The molecule has 0 aromatic rings. The van der Waals surface area contributed by atoms with Crippen molar-refractivity contribution in [3.8, 4) is 6.07 Å². The first-order chi connectivity index (χ1) is 9.10. The van der Waals surface area contributed by atoms with Gasteiger partial charge in [-0.05, 0) is 18.8 Å². The Labute approximate surface area is 116 Å². The predicted molar refractivity (Wildman–Crippen MR) is 74.4 cm³/mol. The van der Waals surface area contributed by atoms with Crippen LogP contribution in [-0.2, 0) is 9.53 Å². The van der Waals surface area contributed by atoms with Crippen molar-refractivity contribution in [2.75, 3.05) is 19.8 Å². The zero-order valence-corrected chi connectivity index (χ0v) is 12.2. The van der Waals surface area contributed by atoms with Crippen molar-refractivity contribution in [3.63, 3.8) is 0 Å². The molecule has 0 bridgehead atoms. The van der Waals surface area contributed by atoms with Crippen LogP contribution in [0.1, 0.15) is 52.4 Å². The highest BCUT2D eigenvalue weighted by molar-refractivity contribution is 5.85. The molecule has 0 aromatic heterocycles. The van der Waals surface area contributed by atoms with Crippen molar-refractivity contribution in [2.45, 2.75) is 52.4 Å². The number of nitriles is 1. The van der Waals surface area contributed by atoms with E-state index in [1.807, 2.05) is 0 Å². The van der Waals surface area contributed by atoms with Gasteiger partial charge in [0, 0.05) is 13.2 Å². The van der Waals surface area contributed by atoms with Gasteiger partial charge >= 0.3 is 0 Å². The number of carbonyl (C=O) groups excluding carboxylic acids is 1. The summed E-state index contributed by atoms with van der Waals surface area (Å²) >= 11 is 0. The molecule has 1 amide bonds. The largest absolute Gasteiger partial charge is 0.379 e. The molecule has 0 aliphatic heterocycles. The molecule has 1 N–H and O–H groups in total. The molecule has 4 heteroatoms. The van der Waals surface area contributed by atoms with Crippen LogP contribution in [-0.4, -0.2) is 25.7 Å². The summed E-state index contributed by atoms with van der Waals surface area (Å²) in [5.74, 6) is 0.396. The zero-order valence-electron chi connectivity index (χ0n) is 12.2. The van der Waals surface area contributed by atoms with Gasteiger partial charge in [-0.2, -0.15) is 5.26 Å². The SMILES string of the molecule is CC(C)COCCNC(=O)C1(C#N)CCCCCC1. The molecule has 0 unspecified atom stereocenters. The maximum atomic E-state index is 12.2. The van der Waals surface area contributed by atoms with E-state index in [1.165, 1.54) is 0 Å². The molecule has 0 atom stereocenters. The fourth-order valence-corrected chi connectivity index (χ4v) is 2.45. The lowest BCUT2D eigenvalue weighted by Gasteiger charge is -2.23. The Balaban J connectivity index is 2.35. The van der Waals surface area contributed by atoms with E-state index in [2.05, 4.69) is 25.2 Å². The Morgan fingerprint density at radius 2 is 1.95 bits per heavy atom. The van der Waals surface area contributed by atoms with Crippen molar-refractivity contribution in [2.24, 2.45) is 11.3 Å². The van der Waals surface area contributed by atoms with Crippen LogP contribution in [0.4, 0.5) is 0 Å². The van der Waals surface area contributed by atoms with Crippen molar-refractivity contribution in [1.29, 1.82) is 5.26 Å². The van der Waals surface area contributed by atoms with Gasteiger partial charge in [-0.15, -0.1) is 0 Å². The van der Waals surface area contributed by atoms with Gasteiger partial charge in [0.1, 0.15) is 5.41 Å². The molecular formula is C15H26N2O2. The third-order valence-electron chi connectivity index (χ3n) is 3.59. The van der Waals surface area contributed by atoms with Gasteiger partial charge in [0.15, 0.2) is 0 Å². The molecule has 108 valence electrons. The summed E-state index contributed by atoms with van der Waals surface area (Å²) in [5.41, 5.74) is -0.797. The lowest BCUT2D eigenvalue weighted by Crippen LogP contribution is -2.41. The topological polar surface area (TPSA) is 62.1 Å². The van der Waals surface area contributed by atoms with E-state index in [4.69, 9.17) is 4.74 Å². The molecule has 4 nitrogen and oxygen atoms in total. The average Bonchev–Trinajstić information content (AvgIpc) is 2.64. The van der Waals surface area contributed by atoms with E-state index in [9.17, 15) is 10.1 Å². The maximum Gasteiger partial charge on any atom is 0.240 e. The molecule has 0 saturated heterocycles. The molecule has 1 rings (SSSR count). The van der Waals surface area contributed by atoms with Crippen molar-refractivity contribution >= 4 is 5.91 Å². The molecule has 1 saturated carbocycles. The van der Waals surface area contributed by atoms with Crippen LogP contribution in [0, 0.1) is 22.7 Å². The number of carbonyl (C=O) groups is 1. The van der Waals surface area contributed by atoms with Gasteiger partial charge < -0.3 is 10.1 Å². The minimum atomic E-state index is -0.797. The Morgan fingerprint density at radius 1 is 1.32 bits per heavy atom. The Hall–Kier alpha value is -1.08. The minimum absolute atomic E-state index is 0.106. The Morgan fingerprint density at radius 3 is 2.47 bits per heavy atom. The summed E-state index contributed by atoms with van der Waals surface area (Å²) in [4.78, 5) is 12.2. The summed E-state index contributed by atoms with van der Waals surface area (Å²) in [6.45, 7) is 5.91. The fraction of sp³-hybridized carbons (Fsp3) is 0.867. The summed E-state index contributed by atoms with van der Waals surface area (Å²) in [5, 5.41) is 12.2. The normalized spacial score (nSPS) is 18.6. The quantitative estimate of drug-likeness (QED) is 0.594.